The average molecular weight is 241 g/mol. The van der Waals surface area contributed by atoms with Gasteiger partial charge in [-0.15, -0.1) is 0 Å². The van der Waals surface area contributed by atoms with Crippen LogP contribution in [0.5, 0.6) is 0 Å². The summed E-state index contributed by atoms with van der Waals surface area (Å²) in [5, 5.41) is 0.554. The fraction of sp³-hybridized carbons (Fsp3) is 0.167. The molecule has 0 spiro atoms. The molecule has 0 N–H and O–H groups in total. The minimum atomic E-state index is -1.17. The monoisotopic (exact) mass is 240 g/mol. The Balaban J connectivity index is 3.07. The number of ketones is 2. The Kier molecular flexibility index (Phi) is 4.38. The van der Waals surface area contributed by atoms with E-state index in [1.807, 2.05) is 0 Å². The molecule has 0 radical (unpaired) electrons. The third-order valence-corrected chi connectivity index (χ3v) is 2.23. The molecule has 0 aliphatic carbocycles. The molecule has 1 rings (SSSR count). The number of hydrogen-bond acceptors (Lipinski definition) is 2. The van der Waals surface area contributed by atoms with Crippen LogP contribution in [0.3, 0.4) is 0 Å². The fourth-order valence-corrected chi connectivity index (χ4v) is 1.30. The standard InChI is InChI=1S/C12H10ClFO2/c1-8(15)11(12(16)7-14)6-9-2-4-10(13)5-3-9/h2-6H,7H2,1H3/b11-6-. The quantitative estimate of drug-likeness (QED) is 0.461. The summed E-state index contributed by atoms with van der Waals surface area (Å²) in [4.78, 5) is 22.3. The van der Waals surface area contributed by atoms with Gasteiger partial charge >= 0.3 is 0 Å². The van der Waals surface area contributed by atoms with E-state index in [1.54, 1.807) is 24.3 Å². The molecule has 0 aliphatic rings. The maximum Gasteiger partial charge on any atom is 0.197 e. The minimum Gasteiger partial charge on any atom is -0.294 e. The molecule has 0 fully saturated rings. The maximum absolute atomic E-state index is 12.2. The van der Waals surface area contributed by atoms with E-state index in [2.05, 4.69) is 0 Å². The first-order valence-electron chi connectivity index (χ1n) is 4.62. The highest BCUT2D eigenvalue weighted by molar-refractivity contribution is 6.30. The second-order valence-corrected chi connectivity index (χ2v) is 3.66. The summed E-state index contributed by atoms with van der Waals surface area (Å²) in [6.45, 7) is 0.0638. The first kappa shape index (κ1) is 12.6. The summed E-state index contributed by atoms with van der Waals surface area (Å²) in [5.74, 6) is -1.25. The van der Waals surface area contributed by atoms with E-state index in [-0.39, 0.29) is 5.57 Å². The van der Waals surface area contributed by atoms with Gasteiger partial charge in [-0.1, -0.05) is 23.7 Å². The van der Waals surface area contributed by atoms with E-state index >= 15 is 0 Å². The van der Waals surface area contributed by atoms with Gasteiger partial charge in [0.25, 0.3) is 0 Å². The molecule has 0 saturated heterocycles. The van der Waals surface area contributed by atoms with Crippen molar-refractivity contribution in [2.45, 2.75) is 6.92 Å². The van der Waals surface area contributed by atoms with Gasteiger partial charge in [-0.05, 0) is 30.7 Å². The molecule has 1 aromatic carbocycles. The molecule has 0 bridgehead atoms. The molecular weight excluding hydrogens is 231 g/mol. The van der Waals surface area contributed by atoms with Crippen molar-refractivity contribution in [1.82, 2.24) is 0 Å². The molecule has 0 saturated carbocycles. The van der Waals surface area contributed by atoms with Gasteiger partial charge in [0, 0.05) is 5.02 Å². The number of hydrogen-bond donors (Lipinski definition) is 0. The third-order valence-electron chi connectivity index (χ3n) is 1.98. The van der Waals surface area contributed by atoms with Crippen molar-refractivity contribution in [2.24, 2.45) is 0 Å². The van der Waals surface area contributed by atoms with E-state index in [1.165, 1.54) is 13.0 Å². The van der Waals surface area contributed by atoms with Crippen LogP contribution in [-0.2, 0) is 9.59 Å². The molecule has 16 heavy (non-hydrogen) atoms. The van der Waals surface area contributed by atoms with Gasteiger partial charge in [0.15, 0.2) is 18.2 Å². The Morgan fingerprint density at radius 3 is 2.31 bits per heavy atom. The average Bonchev–Trinajstić information content (AvgIpc) is 2.27. The molecular formula is C12H10ClFO2. The van der Waals surface area contributed by atoms with E-state index in [4.69, 9.17) is 11.6 Å². The van der Waals surface area contributed by atoms with Gasteiger partial charge in [-0.2, -0.15) is 0 Å². The molecule has 0 unspecified atom stereocenters. The van der Waals surface area contributed by atoms with Gasteiger partial charge in [0.05, 0.1) is 5.57 Å². The van der Waals surface area contributed by atoms with Crippen LogP contribution >= 0.6 is 11.6 Å². The number of alkyl halides is 1. The summed E-state index contributed by atoms with van der Waals surface area (Å²) in [6, 6.07) is 6.56. The van der Waals surface area contributed by atoms with Gasteiger partial charge in [0.2, 0.25) is 0 Å². The highest BCUT2D eigenvalue weighted by atomic mass is 35.5. The Morgan fingerprint density at radius 2 is 1.88 bits per heavy atom. The van der Waals surface area contributed by atoms with Crippen molar-refractivity contribution in [3.05, 3.63) is 40.4 Å². The van der Waals surface area contributed by atoms with E-state index < -0.39 is 18.2 Å². The normalized spacial score (nSPS) is 11.3. The van der Waals surface area contributed by atoms with Crippen LogP contribution in [0.2, 0.25) is 5.02 Å². The Bertz CT molecular complexity index is 435. The molecule has 84 valence electrons. The lowest BCUT2D eigenvalue weighted by atomic mass is 10.0. The zero-order valence-corrected chi connectivity index (χ0v) is 9.42. The van der Waals surface area contributed by atoms with Crippen LogP contribution in [0.25, 0.3) is 6.08 Å². The number of benzene rings is 1. The summed E-state index contributed by atoms with van der Waals surface area (Å²) in [7, 11) is 0. The van der Waals surface area contributed by atoms with E-state index in [0.29, 0.717) is 10.6 Å². The zero-order valence-electron chi connectivity index (χ0n) is 8.67. The number of Topliss-reactive ketones (excluding diaryl/α,β-unsaturated/α-hetero) is 2. The van der Waals surface area contributed by atoms with Gasteiger partial charge in [0.1, 0.15) is 0 Å². The van der Waals surface area contributed by atoms with Gasteiger partial charge < -0.3 is 0 Å². The van der Waals surface area contributed by atoms with Crippen LogP contribution in [-0.4, -0.2) is 18.2 Å². The van der Waals surface area contributed by atoms with Crippen molar-refractivity contribution < 1.29 is 14.0 Å². The largest absolute Gasteiger partial charge is 0.294 e. The van der Waals surface area contributed by atoms with Crippen LogP contribution in [0.4, 0.5) is 4.39 Å². The van der Waals surface area contributed by atoms with Crippen LogP contribution in [0, 0.1) is 0 Å². The van der Waals surface area contributed by atoms with Crippen molar-refractivity contribution in [1.29, 1.82) is 0 Å². The molecule has 4 heteroatoms. The predicted molar refractivity (Wildman–Crippen MR) is 61.1 cm³/mol. The van der Waals surface area contributed by atoms with Crippen LogP contribution in [0.1, 0.15) is 12.5 Å². The first-order chi connectivity index (χ1) is 7.54. The highest BCUT2D eigenvalue weighted by Crippen LogP contribution is 2.13. The first-order valence-corrected chi connectivity index (χ1v) is 4.99. The molecule has 1 aromatic rings. The molecule has 0 atom stereocenters. The van der Waals surface area contributed by atoms with Gasteiger partial charge in [-0.3, -0.25) is 9.59 Å². The number of carbonyl (C=O) groups is 2. The van der Waals surface area contributed by atoms with Crippen molar-refractivity contribution in [2.75, 3.05) is 6.67 Å². The van der Waals surface area contributed by atoms with Crippen molar-refractivity contribution >= 4 is 29.2 Å². The van der Waals surface area contributed by atoms with Crippen molar-refractivity contribution in [3.63, 3.8) is 0 Å². The summed E-state index contributed by atoms with van der Waals surface area (Å²) >= 11 is 5.69. The number of allylic oxidation sites excluding steroid dienone is 1. The number of rotatable bonds is 4. The summed E-state index contributed by atoms with van der Waals surface area (Å²) in [6.07, 6.45) is 1.36. The third kappa shape index (κ3) is 3.28. The van der Waals surface area contributed by atoms with Crippen molar-refractivity contribution in [3.8, 4) is 0 Å². The lowest BCUT2D eigenvalue weighted by Crippen LogP contribution is -2.11. The van der Waals surface area contributed by atoms with E-state index in [0.717, 1.165) is 0 Å². The fourth-order valence-electron chi connectivity index (χ4n) is 1.18. The highest BCUT2D eigenvalue weighted by Gasteiger charge is 2.13. The SMILES string of the molecule is CC(=O)/C(=C/c1ccc(Cl)cc1)C(=O)CF. The topological polar surface area (TPSA) is 34.1 Å². The zero-order chi connectivity index (χ0) is 12.1. The van der Waals surface area contributed by atoms with Gasteiger partial charge in [-0.25, -0.2) is 4.39 Å². The second-order valence-electron chi connectivity index (χ2n) is 3.22. The molecule has 0 aliphatic heterocycles. The number of carbonyl (C=O) groups excluding carboxylic acids is 2. The lowest BCUT2D eigenvalue weighted by Gasteiger charge is -2.00. The molecule has 0 heterocycles. The summed E-state index contributed by atoms with van der Waals surface area (Å²) in [5.41, 5.74) is 0.501. The van der Waals surface area contributed by atoms with Crippen LogP contribution < -0.4 is 0 Å². The Labute approximate surface area is 97.7 Å². The Morgan fingerprint density at radius 1 is 1.31 bits per heavy atom. The molecule has 0 amide bonds. The Hall–Kier alpha value is -1.48. The second kappa shape index (κ2) is 5.56. The molecule has 0 aromatic heterocycles. The number of halogens is 2. The smallest absolute Gasteiger partial charge is 0.197 e. The van der Waals surface area contributed by atoms with E-state index in [9.17, 15) is 14.0 Å². The van der Waals surface area contributed by atoms with Crippen LogP contribution in [0.15, 0.2) is 29.8 Å². The lowest BCUT2D eigenvalue weighted by molar-refractivity contribution is -0.120. The predicted octanol–water partition coefficient (Wildman–Crippen LogP) is 2.85. The minimum absolute atomic E-state index is 0.134. The summed E-state index contributed by atoms with van der Waals surface area (Å²) < 4.78 is 12.2. The molecule has 2 nitrogen and oxygen atoms in total. The maximum atomic E-state index is 12.2.